The van der Waals surface area contributed by atoms with E-state index < -0.39 is 0 Å². The van der Waals surface area contributed by atoms with Crippen molar-refractivity contribution in [2.24, 2.45) is 0 Å². The maximum atomic E-state index is 6.01. The first kappa shape index (κ1) is 16.6. The topological polar surface area (TPSA) is 21.3 Å². The van der Waals surface area contributed by atoms with E-state index in [-0.39, 0.29) is 0 Å². The van der Waals surface area contributed by atoms with E-state index in [0.717, 1.165) is 37.4 Å². The highest BCUT2D eigenvalue weighted by Crippen LogP contribution is 2.29. The van der Waals surface area contributed by atoms with Gasteiger partial charge in [-0.2, -0.15) is 0 Å². The maximum Gasteiger partial charge on any atom is 0.128 e. The normalized spacial score (nSPS) is 11.5. The third-order valence-electron chi connectivity index (χ3n) is 3.30. The monoisotopic (exact) mass is 275 g/mol. The maximum absolute atomic E-state index is 6.01. The van der Waals surface area contributed by atoms with E-state index in [1.807, 2.05) is 0 Å². The first-order valence-electron chi connectivity index (χ1n) is 7.90. The summed E-state index contributed by atoms with van der Waals surface area (Å²) in [6.45, 7) is 10.4. The zero-order valence-corrected chi connectivity index (χ0v) is 13.5. The lowest BCUT2D eigenvalue weighted by atomic mass is 10.0. The largest absolute Gasteiger partial charge is 0.493 e. The van der Waals surface area contributed by atoms with Gasteiger partial charge >= 0.3 is 0 Å². The van der Waals surface area contributed by atoms with Gasteiger partial charge in [-0.05, 0) is 44.4 Å². The molecule has 0 amide bonds. The van der Waals surface area contributed by atoms with Gasteiger partial charge < -0.3 is 10.1 Å². The zero-order chi connectivity index (χ0) is 14.8. The fraction of sp³-hybridized carbons (Fsp3) is 0.556. The summed E-state index contributed by atoms with van der Waals surface area (Å²) in [5.41, 5.74) is 3.64. The van der Waals surface area contributed by atoms with Crippen LogP contribution in [0.4, 0.5) is 5.69 Å². The molecule has 0 saturated heterocycles. The Balaban J connectivity index is 2.88. The lowest BCUT2D eigenvalue weighted by Crippen LogP contribution is -2.02. The third kappa shape index (κ3) is 5.28. The molecule has 0 atom stereocenters. The van der Waals surface area contributed by atoms with Gasteiger partial charge in [0, 0.05) is 23.9 Å². The van der Waals surface area contributed by atoms with E-state index >= 15 is 0 Å². The van der Waals surface area contributed by atoms with Crippen molar-refractivity contribution in [3.8, 4) is 5.75 Å². The zero-order valence-electron chi connectivity index (χ0n) is 13.5. The van der Waals surface area contributed by atoms with Crippen LogP contribution in [0, 0.1) is 0 Å². The molecule has 1 N–H and O–H groups in total. The fourth-order valence-electron chi connectivity index (χ4n) is 2.23. The van der Waals surface area contributed by atoms with Crippen molar-refractivity contribution in [1.82, 2.24) is 0 Å². The highest BCUT2D eigenvalue weighted by atomic mass is 16.5. The van der Waals surface area contributed by atoms with Crippen LogP contribution in [-0.2, 0) is 0 Å². The summed E-state index contributed by atoms with van der Waals surface area (Å²) in [5.74, 6) is 1.00. The summed E-state index contributed by atoms with van der Waals surface area (Å²) in [4.78, 5) is 0. The lowest BCUT2D eigenvalue weighted by Gasteiger charge is -2.14. The van der Waals surface area contributed by atoms with Gasteiger partial charge in [-0.25, -0.2) is 0 Å². The molecular weight excluding hydrogens is 246 g/mol. The van der Waals surface area contributed by atoms with Gasteiger partial charge in [-0.3, -0.25) is 0 Å². The van der Waals surface area contributed by atoms with Crippen molar-refractivity contribution in [2.75, 3.05) is 18.5 Å². The first-order valence-corrected chi connectivity index (χ1v) is 7.90. The van der Waals surface area contributed by atoms with Crippen LogP contribution in [0.2, 0.25) is 0 Å². The van der Waals surface area contributed by atoms with Gasteiger partial charge in [0.05, 0.1) is 6.61 Å². The Labute approximate surface area is 124 Å². The molecule has 1 aromatic carbocycles. The predicted octanol–water partition coefficient (Wildman–Crippen LogP) is 5.50. The molecule has 0 heterocycles. The van der Waals surface area contributed by atoms with Crippen LogP contribution in [0.25, 0.3) is 5.57 Å². The highest BCUT2D eigenvalue weighted by molar-refractivity contribution is 5.71. The van der Waals surface area contributed by atoms with Crippen molar-refractivity contribution in [3.05, 3.63) is 29.8 Å². The van der Waals surface area contributed by atoms with E-state index in [0.29, 0.717) is 0 Å². The Morgan fingerprint density at radius 3 is 2.65 bits per heavy atom. The molecule has 0 aliphatic rings. The summed E-state index contributed by atoms with van der Waals surface area (Å²) < 4.78 is 6.01. The minimum absolute atomic E-state index is 0.801. The number of allylic oxidation sites excluding steroid dienone is 2. The van der Waals surface area contributed by atoms with E-state index in [4.69, 9.17) is 4.74 Å². The molecule has 1 aromatic rings. The predicted molar refractivity (Wildman–Crippen MR) is 89.6 cm³/mol. The molecule has 0 aliphatic carbocycles. The standard InChI is InChI=1S/C18H29NO/c1-5-8-9-13-20-18-14-16(19-7-3)11-12-17(18)15(4)10-6-2/h10-12,14,19H,5-9,13H2,1-4H3/b15-10-. The number of rotatable bonds is 9. The van der Waals surface area contributed by atoms with Gasteiger partial charge in [0.2, 0.25) is 0 Å². The average molecular weight is 275 g/mol. The molecule has 20 heavy (non-hydrogen) atoms. The molecule has 0 spiro atoms. The van der Waals surface area contributed by atoms with Gasteiger partial charge in [-0.1, -0.05) is 32.8 Å². The molecule has 2 heteroatoms. The van der Waals surface area contributed by atoms with E-state index in [9.17, 15) is 0 Å². The third-order valence-corrected chi connectivity index (χ3v) is 3.30. The number of benzene rings is 1. The van der Waals surface area contributed by atoms with Crippen molar-refractivity contribution >= 4 is 11.3 Å². The fourth-order valence-corrected chi connectivity index (χ4v) is 2.23. The summed E-state index contributed by atoms with van der Waals surface area (Å²) in [6.07, 6.45) is 6.88. The number of nitrogens with one attached hydrogen (secondary N) is 1. The number of hydrogen-bond acceptors (Lipinski definition) is 2. The van der Waals surface area contributed by atoms with Gasteiger partial charge in [0.15, 0.2) is 0 Å². The van der Waals surface area contributed by atoms with Gasteiger partial charge in [0.25, 0.3) is 0 Å². The summed E-state index contributed by atoms with van der Waals surface area (Å²) in [7, 11) is 0. The Morgan fingerprint density at radius 1 is 1.20 bits per heavy atom. The summed E-state index contributed by atoms with van der Waals surface area (Å²) in [6, 6.07) is 6.41. The molecule has 0 aromatic heterocycles. The Bertz CT molecular complexity index is 423. The molecule has 0 aliphatic heterocycles. The number of unbranched alkanes of at least 4 members (excludes halogenated alkanes) is 2. The number of ether oxygens (including phenoxy) is 1. The SMILES string of the molecule is CC/C=C(/C)c1ccc(NCC)cc1OCCCCC. The molecule has 112 valence electrons. The quantitative estimate of drug-likeness (QED) is 0.601. The van der Waals surface area contributed by atoms with Crippen LogP contribution in [-0.4, -0.2) is 13.2 Å². The molecule has 2 nitrogen and oxygen atoms in total. The second kappa shape index (κ2) is 9.46. The Hall–Kier alpha value is -1.44. The summed E-state index contributed by atoms with van der Waals surface area (Å²) in [5, 5.41) is 3.35. The molecule has 0 bridgehead atoms. The summed E-state index contributed by atoms with van der Waals surface area (Å²) >= 11 is 0. The van der Waals surface area contributed by atoms with Crippen molar-refractivity contribution in [1.29, 1.82) is 0 Å². The molecule has 0 saturated carbocycles. The first-order chi connectivity index (χ1) is 9.72. The van der Waals surface area contributed by atoms with Gasteiger partial charge in [0.1, 0.15) is 5.75 Å². The van der Waals surface area contributed by atoms with Crippen LogP contribution >= 0.6 is 0 Å². The minimum atomic E-state index is 0.801. The smallest absolute Gasteiger partial charge is 0.128 e. The van der Waals surface area contributed by atoms with Crippen LogP contribution in [0.1, 0.15) is 58.9 Å². The van der Waals surface area contributed by atoms with E-state index in [1.165, 1.54) is 24.0 Å². The Morgan fingerprint density at radius 2 is 2.00 bits per heavy atom. The van der Waals surface area contributed by atoms with E-state index in [1.54, 1.807) is 0 Å². The number of hydrogen-bond donors (Lipinski definition) is 1. The minimum Gasteiger partial charge on any atom is -0.493 e. The molecule has 0 unspecified atom stereocenters. The van der Waals surface area contributed by atoms with Crippen molar-refractivity contribution in [3.63, 3.8) is 0 Å². The van der Waals surface area contributed by atoms with E-state index in [2.05, 4.69) is 57.3 Å². The molecule has 1 rings (SSSR count). The molecule has 0 radical (unpaired) electrons. The average Bonchev–Trinajstić information content (AvgIpc) is 2.44. The van der Waals surface area contributed by atoms with Crippen molar-refractivity contribution in [2.45, 2.75) is 53.4 Å². The lowest BCUT2D eigenvalue weighted by molar-refractivity contribution is 0.305. The molecular formula is C18H29NO. The van der Waals surface area contributed by atoms with Crippen molar-refractivity contribution < 1.29 is 4.74 Å². The van der Waals surface area contributed by atoms with Crippen LogP contribution in [0.15, 0.2) is 24.3 Å². The Kier molecular flexibility index (Phi) is 7.86. The molecule has 0 fully saturated rings. The second-order valence-electron chi connectivity index (χ2n) is 5.09. The van der Waals surface area contributed by atoms with Gasteiger partial charge in [-0.15, -0.1) is 0 Å². The number of anilines is 1. The van der Waals surface area contributed by atoms with Crippen LogP contribution < -0.4 is 10.1 Å². The van der Waals surface area contributed by atoms with Crippen LogP contribution in [0.3, 0.4) is 0 Å². The second-order valence-corrected chi connectivity index (χ2v) is 5.09. The van der Waals surface area contributed by atoms with Crippen LogP contribution in [0.5, 0.6) is 5.75 Å². The highest BCUT2D eigenvalue weighted by Gasteiger charge is 2.07.